The molecule has 0 aromatic rings. The number of rotatable bonds is 53. The molecule has 0 amide bonds. The average molecular weight is 1060 g/mol. The standard InChI is InChI=1S/C62H105O11P/c1-4-7-10-13-16-19-22-25-27-28-29-30-32-35-38-41-44-47-50-53-62(66)73-59(55-69-60(64)51-48-45-42-39-36-33-24-21-18-15-12-9-6-3)57-71-74(67,68)70-56-58(54-63)72-61(65)52-49-46-43-40-37-34-31-26-23-20-17-14-11-8-5-2/h7,10,16-17,19-21,24-27,29-31,35,38,58-59,63H,4-6,8-9,11-15,18,22-23,28,32-34,36-37,39-57H2,1-3H3,(H,67,68)/b10-7-,19-16-,20-17-,24-21-,27-25-,30-29-,31-26-,38-35-. The Labute approximate surface area is 451 Å². The van der Waals surface area contributed by atoms with Crippen molar-refractivity contribution < 1.29 is 52.2 Å². The molecular formula is C62H105O11P. The molecule has 0 spiro atoms. The van der Waals surface area contributed by atoms with E-state index < -0.39 is 57.8 Å². The molecule has 424 valence electrons. The average Bonchev–Trinajstić information content (AvgIpc) is 3.39. The van der Waals surface area contributed by atoms with Gasteiger partial charge < -0.3 is 24.2 Å². The zero-order valence-electron chi connectivity index (χ0n) is 46.8. The minimum atomic E-state index is -4.77. The molecule has 0 heterocycles. The van der Waals surface area contributed by atoms with E-state index in [9.17, 15) is 28.9 Å². The van der Waals surface area contributed by atoms with Crippen LogP contribution in [-0.4, -0.2) is 66.5 Å². The first-order chi connectivity index (χ1) is 36.2. The molecule has 0 fully saturated rings. The third kappa shape index (κ3) is 53.2. The molecule has 0 saturated heterocycles. The molecule has 0 aliphatic rings. The van der Waals surface area contributed by atoms with Gasteiger partial charge in [-0.1, -0.05) is 195 Å². The number of hydrogen-bond donors (Lipinski definition) is 2. The third-order valence-electron chi connectivity index (χ3n) is 12.0. The number of esters is 3. The van der Waals surface area contributed by atoms with Gasteiger partial charge in [0.05, 0.1) is 19.8 Å². The first-order valence-electron chi connectivity index (χ1n) is 29.1. The molecule has 0 aliphatic heterocycles. The second-order valence-electron chi connectivity index (χ2n) is 19.1. The van der Waals surface area contributed by atoms with Crippen LogP contribution in [0.1, 0.15) is 239 Å². The van der Waals surface area contributed by atoms with Crippen molar-refractivity contribution in [2.75, 3.05) is 26.4 Å². The van der Waals surface area contributed by atoms with Gasteiger partial charge in [0.25, 0.3) is 0 Å². The number of aliphatic hydroxyl groups excluding tert-OH is 1. The Morgan fingerprint density at radius 2 is 0.703 bits per heavy atom. The highest BCUT2D eigenvalue weighted by molar-refractivity contribution is 7.47. The summed E-state index contributed by atoms with van der Waals surface area (Å²) in [6.45, 7) is 4.42. The molecule has 0 aromatic heterocycles. The van der Waals surface area contributed by atoms with E-state index in [0.29, 0.717) is 19.3 Å². The molecule has 0 saturated carbocycles. The first-order valence-corrected chi connectivity index (χ1v) is 30.6. The number of aliphatic hydroxyl groups is 1. The lowest BCUT2D eigenvalue weighted by molar-refractivity contribution is -0.161. The molecule has 12 heteroatoms. The van der Waals surface area contributed by atoms with Crippen LogP contribution in [0.25, 0.3) is 0 Å². The summed E-state index contributed by atoms with van der Waals surface area (Å²) in [7, 11) is -4.77. The Hall–Kier alpha value is -3.60. The molecule has 74 heavy (non-hydrogen) atoms. The van der Waals surface area contributed by atoms with E-state index in [-0.39, 0.29) is 25.9 Å². The fourth-order valence-corrected chi connectivity index (χ4v) is 8.31. The van der Waals surface area contributed by atoms with Crippen molar-refractivity contribution in [2.24, 2.45) is 0 Å². The van der Waals surface area contributed by atoms with Crippen LogP contribution in [0, 0.1) is 0 Å². The van der Waals surface area contributed by atoms with Gasteiger partial charge in [-0.05, 0) is 122 Å². The van der Waals surface area contributed by atoms with Gasteiger partial charge in [0, 0.05) is 19.3 Å². The number of allylic oxidation sites excluding steroid dienone is 16. The summed E-state index contributed by atoms with van der Waals surface area (Å²) in [5.74, 6) is -1.53. The van der Waals surface area contributed by atoms with E-state index in [0.717, 1.165) is 135 Å². The van der Waals surface area contributed by atoms with Gasteiger partial charge in [0.15, 0.2) is 6.10 Å². The normalized spacial score (nSPS) is 14.1. The Balaban J connectivity index is 4.80. The highest BCUT2D eigenvalue weighted by atomic mass is 31.2. The molecular weight excluding hydrogens is 952 g/mol. The maximum absolute atomic E-state index is 12.9. The second-order valence-corrected chi connectivity index (χ2v) is 20.5. The van der Waals surface area contributed by atoms with E-state index in [1.54, 1.807) is 0 Å². The molecule has 0 radical (unpaired) electrons. The number of ether oxygens (including phenoxy) is 3. The molecule has 0 aliphatic carbocycles. The quantitative estimate of drug-likeness (QED) is 0.0197. The van der Waals surface area contributed by atoms with Crippen molar-refractivity contribution >= 4 is 25.7 Å². The molecule has 2 N–H and O–H groups in total. The Morgan fingerprint density at radius 3 is 1.14 bits per heavy atom. The second kappa shape index (κ2) is 55.6. The molecule has 0 aromatic carbocycles. The number of phosphoric acid groups is 1. The van der Waals surface area contributed by atoms with Crippen molar-refractivity contribution in [3.05, 3.63) is 97.2 Å². The highest BCUT2D eigenvalue weighted by Crippen LogP contribution is 2.43. The smallest absolute Gasteiger partial charge is 0.462 e. The zero-order valence-corrected chi connectivity index (χ0v) is 47.7. The van der Waals surface area contributed by atoms with Gasteiger partial charge in [-0.15, -0.1) is 0 Å². The predicted octanol–water partition coefficient (Wildman–Crippen LogP) is 17.3. The number of unbranched alkanes of at least 4 members (excludes halogenated alkanes) is 20. The van der Waals surface area contributed by atoms with Crippen molar-refractivity contribution in [3.63, 3.8) is 0 Å². The van der Waals surface area contributed by atoms with Crippen LogP contribution in [0.2, 0.25) is 0 Å². The van der Waals surface area contributed by atoms with Crippen molar-refractivity contribution in [3.8, 4) is 0 Å². The summed E-state index contributed by atoms with van der Waals surface area (Å²) in [6, 6.07) is 0. The van der Waals surface area contributed by atoms with Crippen LogP contribution in [0.4, 0.5) is 0 Å². The maximum atomic E-state index is 12.9. The van der Waals surface area contributed by atoms with Gasteiger partial charge in [-0.2, -0.15) is 0 Å². The van der Waals surface area contributed by atoms with Crippen molar-refractivity contribution in [2.45, 2.75) is 251 Å². The lowest BCUT2D eigenvalue weighted by Gasteiger charge is -2.21. The third-order valence-corrected chi connectivity index (χ3v) is 12.9. The van der Waals surface area contributed by atoms with E-state index in [1.807, 2.05) is 0 Å². The van der Waals surface area contributed by atoms with Gasteiger partial charge in [-0.25, -0.2) is 4.57 Å². The molecule has 11 nitrogen and oxygen atoms in total. The van der Waals surface area contributed by atoms with Gasteiger partial charge in [0.2, 0.25) is 0 Å². The molecule has 3 atom stereocenters. The monoisotopic (exact) mass is 1060 g/mol. The summed E-state index contributed by atoms with van der Waals surface area (Å²) in [5.41, 5.74) is 0. The van der Waals surface area contributed by atoms with Crippen LogP contribution < -0.4 is 0 Å². The fourth-order valence-electron chi connectivity index (χ4n) is 7.52. The Kier molecular flexibility index (Phi) is 52.9. The minimum Gasteiger partial charge on any atom is -0.462 e. The first kappa shape index (κ1) is 70.4. The summed E-state index contributed by atoms with van der Waals surface area (Å²) in [5, 5.41) is 9.81. The SMILES string of the molecule is CC/C=C\C/C=C\C/C=C\C/C=C\C/C=C\CCCCCC(=O)OC(COC(=O)CCCCCCC/C=C\CCCCCC)COP(=O)(O)OCC(CO)OC(=O)CCCCCCC/C=C\C/C=C\CCCCC. The summed E-state index contributed by atoms with van der Waals surface area (Å²) >= 11 is 0. The van der Waals surface area contributed by atoms with Crippen LogP contribution in [0.5, 0.6) is 0 Å². The van der Waals surface area contributed by atoms with Crippen molar-refractivity contribution in [1.29, 1.82) is 0 Å². The van der Waals surface area contributed by atoms with Gasteiger partial charge in [-0.3, -0.25) is 23.4 Å². The topological polar surface area (TPSA) is 155 Å². The zero-order chi connectivity index (χ0) is 54.1. The lowest BCUT2D eigenvalue weighted by Crippen LogP contribution is -2.30. The van der Waals surface area contributed by atoms with Crippen molar-refractivity contribution in [1.82, 2.24) is 0 Å². The largest absolute Gasteiger partial charge is 0.472 e. The summed E-state index contributed by atoms with van der Waals surface area (Å²) in [4.78, 5) is 48.5. The lowest BCUT2D eigenvalue weighted by atomic mass is 10.1. The van der Waals surface area contributed by atoms with Crippen LogP contribution in [0.3, 0.4) is 0 Å². The van der Waals surface area contributed by atoms with E-state index >= 15 is 0 Å². The van der Waals surface area contributed by atoms with E-state index in [1.165, 1.54) is 44.9 Å². The maximum Gasteiger partial charge on any atom is 0.472 e. The number of carbonyl (C=O) groups is 3. The van der Waals surface area contributed by atoms with E-state index in [4.69, 9.17) is 23.3 Å². The molecule has 0 bridgehead atoms. The Morgan fingerprint density at radius 1 is 0.392 bits per heavy atom. The summed E-state index contributed by atoms with van der Waals surface area (Å²) in [6.07, 6.45) is 65.0. The summed E-state index contributed by atoms with van der Waals surface area (Å²) < 4.78 is 39.5. The molecule has 3 unspecified atom stereocenters. The fraction of sp³-hybridized carbons (Fsp3) is 0.694. The Bertz CT molecular complexity index is 1610. The predicted molar refractivity (Wildman–Crippen MR) is 307 cm³/mol. The van der Waals surface area contributed by atoms with Gasteiger partial charge in [0.1, 0.15) is 12.7 Å². The number of carbonyl (C=O) groups excluding carboxylic acids is 3. The minimum absolute atomic E-state index is 0.122. The number of phosphoric ester groups is 1. The van der Waals surface area contributed by atoms with Crippen LogP contribution >= 0.6 is 7.82 Å². The highest BCUT2D eigenvalue weighted by Gasteiger charge is 2.28. The van der Waals surface area contributed by atoms with Crippen LogP contribution in [-0.2, 0) is 42.2 Å². The number of hydrogen-bond acceptors (Lipinski definition) is 10. The van der Waals surface area contributed by atoms with Crippen LogP contribution in [0.15, 0.2) is 97.2 Å². The molecule has 0 rings (SSSR count). The van der Waals surface area contributed by atoms with E-state index in [2.05, 4.69) is 118 Å². The van der Waals surface area contributed by atoms with Gasteiger partial charge >= 0.3 is 25.7 Å².